The van der Waals surface area contributed by atoms with Crippen LogP contribution >= 0.6 is 0 Å². The zero-order chi connectivity index (χ0) is 10.7. The summed E-state index contributed by atoms with van der Waals surface area (Å²) in [6, 6.07) is 8.11. The van der Waals surface area contributed by atoms with Crippen molar-refractivity contribution < 1.29 is 1.43 Å². The molecule has 1 aromatic heterocycles. The standard InChI is InChI=1S/C12H13N3.H2/c1-9-14-7-12(8-15-9)11-4-2-3-10(5-11)6-13;/h2-5,7-8H,6,13H2,1H3;1H. The Labute approximate surface area is 90.5 Å². The zero-order valence-corrected chi connectivity index (χ0v) is 8.64. The summed E-state index contributed by atoms with van der Waals surface area (Å²) in [4.78, 5) is 8.34. The molecule has 15 heavy (non-hydrogen) atoms. The van der Waals surface area contributed by atoms with E-state index < -0.39 is 0 Å². The molecule has 2 N–H and O–H groups in total. The second-order valence-corrected chi connectivity index (χ2v) is 3.42. The lowest BCUT2D eigenvalue weighted by Gasteiger charge is -2.03. The summed E-state index contributed by atoms with van der Waals surface area (Å²) < 4.78 is 0. The van der Waals surface area contributed by atoms with Gasteiger partial charge in [-0.25, -0.2) is 9.97 Å². The van der Waals surface area contributed by atoms with Gasteiger partial charge < -0.3 is 5.73 Å². The molecule has 0 aliphatic heterocycles. The molecule has 2 aromatic rings. The van der Waals surface area contributed by atoms with Crippen LogP contribution in [-0.2, 0) is 6.54 Å². The van der Waals surface area contributed by atoms with Crippen LogP contribution in [0.15, 0.2) is 36.7 Å². The summed E-state index contributed by atoms with van der Waals surface area (Å²) in [5.41, 5.74) is 8.84. The van der Waals surface area contributed by atoms with Crippen LogP contribution in [0.2, 0.25) is 0 Å². The number of benzene rings is 1. The maximum Gasteiger partial charge on any atom is 0.125 e. The number of nitrogens with zero attached hydrogens (tertiary/aromatic N) is 2. The van der Waals surface area contributed by atoms with Crippen LogP contribution in [0, 0.1) is 6.92 Å². The summed E-state index contributed by atoms with van der Waals surface area (Å²) in [6.45, 7) is 2.43. The van der Waals surface area contributed by atoms with Gasteiger partial charge >= 0.3 is 0 Å². The van der Waals surface area contributed by atoms with Crippen molar-refractivity contribution >= 4 is 0 Å². The Balaban J connectivity index is 0.00000128. The predicted octanol–water partition coefficient (Wildman–Crippen LogP) is 2.16. The Morgan fingerprint density at radius 3 is 2.60 bits per heavy atom. The first kappa shape index (κ1) is 9.80. The molecular formula is C12H15N3. The topological polar surface area (TPSA) is 51.8 Å². The van der Waals surface area contributed by atoms with Crippen molar-refractivity contribution in [1.82, 2.24) is 9.97 Å². The molecule has 0 spiro atoms. The molecule has 0 radical (unpaired) electrons. The smallest absolute Gasteiger partial charge is 0.125 e. The van der Waals surface area contributed by atoms with Crippen LogP contribution in [0.25, 0.3) is 11.1 Å². The third kappa shape index (κ3) is 2.19. The lowest BCUT2D eigenvalue weighted by molar-refractivity contribution is 1.05. The molecule has 0 bridgehead atoms. The molecule has 0 fully saturated rings. The van der Waals surface area contributed by atoms with Crippen molar-refractivity contribution in [3.8, 4) is 11.1 Å². The second-order valence-electron chi connectivity index (χ2n) is 3.42. The average molecular weight is 201 g/mol. The number of nitrogens with two attached hydrogens (primary N) is 1. The van der Waals surface area contributed by atoms with Crippen LogP contribution in [0.1, 0.15) is 12.8 Å². The normalized spacial score (nSPS) is 10.3. The monoisotopic (exact) mass is 201 g/mol. The lowest BCUT2D eigenvalue weighted by atomic mass is 10.1. The fourth-order valence-corrected chi connectivity index (χ4v) is 1.42. The summed E-state index contributed by atoms with van der Waals surface area (Å²) in [6.07, 6.45) is 3.66. The van der Waals surface area contributed by atoms with Gasteiger partial charge in [0.2, 0.25) is 0 Å². The van der Waals surface area contributed by atoms with Gasteiger partial charge in [0.1, 0.15) is 5.82 Å². The van der Waals surface area contributed by atoms with E-state index in [1.165, 1.54) is 0 Å². The first-order chi connectivity index (χ1) is 7.29. The van der Waals surface area contributed by atoms with E-state index in [0.29, 0.717) is 6.54 Å². The SMILES string of the molecule is Cc1ncc(-c2cccc(CN)c2)cn1.[HH]. The largest absolute Gasteiger partial charge is 0.326 e. The number of rotatable bonds is 2. The zero-order valence-electron chi connectivity index (χ0n) is 8.64. The maximum atomic E-state index is 5.59. The Kier molecular flexibility index (Phi) is 2.74. The Morgan fingerprint density at radius 1 is 1.20 bits per heavy atom. The van der Waals surface area contributed by atoms with Gasteiger partial charge in [0.05, 0.1) is 0 Å². The van der Waals surface area contributed by atoms with Crippen molar-refractivity contribution in [2.24, 2.45) is 5.73 Å². The molecule has 0 aliphatic carbocycles. The number of aromatic nitrogens is 2. The van der Waals surface area contributed by atoms with E-state index in [9.17, 15) is 0 Å². The molecule has 0 amide bonds. The van der Waals surface area contributed by atoms with E-state index in [2.05, 4.69) is 16.0 Å². The van der Waals surface area contributed by atoms with Gasteiger partial charge in [0.25, 0.3) is 0 Å². The van der Waals surface area contributed by atoms with E-state index in [1.54, 1.807) is 0 Å². The molecule has 0 atom stereocenters. The number of hydrogen-bond donors (Lipinski definition) is 1. The van der Waals surface area contributed by atoms with Gasteiger partial charge in [-0.15, -0.1) is 0 Å². The van der Waals surface area contributed by atoms with Gasteiger partial charge in [0, 0.05) is 25.9 Å². The summed E-state index contributed by atoms with van der Waals surface area (Å²) in [5.74, 6) is 0.786. The summed E-state index contributed by atoms with van der Waals surface area (Å²) in [7, 11) is 0. The van der Waals surface area contributed by atoms with Gasteiger partial charge in [0.15, 0.2) is 0 Å². The van der Waals surface area contributed by atoms with Crippen LogP contribution < -0.4 is 5.73 Å². The number of aryl methyl sites for hydroxylation is 1. The minimum Gasteiger partial charge on any atom is -0.326 e. The molecule has 1 aromatic carbocycles. The van der Waals surface area contributed by atoms with E-state index in [0.717, 1.165) is 22.5 Å². The molecule has 1 heterocycles. The fourth-order valence-electron chi connectivity index (χ4n) is 1.42. The Bertz CT molecular complexity index is 454. The van der Waals surface area contributed by atoms with Crippen LogP contribution in [0.3, 0.4) is 0 Å². The highest BCUT2D eigenvalue weighted by Crippen LogP contribution is 2.18. The first-order valence-electron chi connectivity index (χ1n) is 4.87. The quantitative estimate of drug-likeness (QED) is 0.810. The first-order valence-corrected chi connectivity index (χ1v) is 4.87. The Hall–Kier alpha value is -1.74. The van der Waals surface area contributed by atoms with Crippen molar-refractivity contribution in [3.05, 3.63) is 48.0 Å². The van der Waals surface area contributed by atoms with E-state index in [-0.39, 0.29) is 1.43 Å². The van der Waals surface area contributed by atoms with Crippen LogP contribution in [0.4, 0.5) is 0 Å². The minimum atomic E-state index is 0. The van der Waals surface area contributed by atoms with Crippen molar-refractivity contribution in [2.75, 3.05) is 0 Å². The van der Waals surface area contributed by atoms with Gasteiger partial charge in [-0.05, 0) is 24.1 Å². The highest BCUT2D eigenvalue weighted by molar-refractivity contribution is 5.62. The van der Waals surface area contributed by atoms with Gasteiger partial charge in [-0.3, -0.25) is 0 Å². The van der Waals surface area contributed by atoms with Crippen LogP contribution in [0.5, 0.6) is 0 Å². The molecule has 3 heteroatoms. The molecule has 0 aliphatic rings. The molecular weight excluding hydrogens is 186 g/mol. The molecule has 2 rings (SSSR count). The van der Waals surface area contributed by atoms with Crippen molar-refractivity contribution in [1.29, 1.82) is 0 Å². The van der Waals surface area contributed by atoms with Crippen molar-refractivity contribution in [3.63, 3.8) is 0 Å². The second kappa shape index (κ2) is 4.19. The van der Waals surface area contributed by atoms with E-state index in [1.807, 2.05) is 37.5 Å². The molecule has 0 saturated carbocycles. The fraction of sp³-hybridized carbons (Fsp3) is 0.167. The molecule has 3 nitrogen and oxygen atoms in total. The third-order valence-electron chi connectivity index (χ3n) is 2.28. The minimum absolute atomic E-state index is 0. The third-order valence-corrected chi connectivity index (χ3v) is 2.28. The molecule has 78 valence electrons. The molecule has 0 unspecified atom stereocenters. The van der Waals surface area contributed by atoms with E-state index in [4.69, 9.17) is 5.73 Å². The summed E-state index contributed by atoms with van der Waals surface area (Å²) in [5, 5.41) is 0. The average Bonchev–Trinajstić information content (AvgIpc) is 2.30. The van der Waals surface area contributed by atoms with E-state index >= 15 is 0 Å². The Morgan fingerprint density at radius 2 is 1.93 bits per heavy atom. The predicted molar refractivity (Wildman–Crippen MR) is 62.2 cm³/mol. The number of hydrogen-bond acceptors (Lipinski definition) is 3. The summed E-state index contributed by atoms with van der Waals surface area (Å²) >= 11 is 0. The lowest BCUT2D eigenvalue weighted by Crippen LogP contribution is -1.96. The van der Waals surface area contributed by atoms with Gasteiger partial charge in [-0.1, -0.05) is 18.2 Å². The highest BCUT2D eigenvalue weighted by Gasteiger charge is 1.99. The van der Waals surface area contributed by atoms with Crippen LogP contribution in [-0.4, -0.2) is 9.97 Å². The van der Waals surface area contributed by atoms with Crippen molar-refractivity contribution in [2.45, 2.75) is 13.5 Å². The maximum absolute atomic E-state index is 5.59. The highest BCUT2D eigenvalue weighted by atomic mass is 14.8. The molecule has 0 saturated heterocycles. The van der Waals surface area contributed by atoms with Gasteiger partial charge in [-0.2, -0.15) is 0 Å².